The van der Waals surface area contributed by atoms with Crippen molar-refractivity contribution < 1.29 is 14.7 Å². The molecule has 0 radical (unpaired) electrons. The van der Waals surface area contributed by atoms with E-state index >= 15 is 0 Å². The van der Waals surface area contributed by atoms with Gasteiger partial charge in [0.05, 0.1) is 0 Å². The summed E-state index contributed by atoms with van der Waals surface area (Å²) in [6.07, 6.45) is 5.24. The van der Waals surface area contributed by atoms with Crippen LogP contribution in [0.4, 0.5) is 4.79 Å². The van der Waals surface area contributed by atoms with Crippen LogP contribution in [-0.2, 0) is 4.79 Å². The van der Waals surface area contributed by atoms with Gasteiger partial charge < -0.3 is 15.3 Å². The number of urea groups is 1. The molecule has 0 spiro atoms. The maximum absolute atomic E-state index is 12.3. The first-order chi connectivity index (χ1) is 9.93. The van der Waals surface area contributed by atoms with Gasteiger partial charge in [0.2, 0.25) is 0 Å². The van der Waals surface area contributed by atoms with Crippen molar-refractivity contribution in [1.82, 2.24) is 10.2 Å². The molecule has 0 saturated heterocycles. The van der Waals surface area contributed by atoms with Crippen LogP contribution in [0.15, 0.2) is 0 Å². The lowest BCUT2D eigenvalue weighted by atomic mass is 9.94. The number of unbranched alkanes of at least 4 members (excludes halogenated alkanes) is 1. The Kier molecular flexibility index (Phi) is 7.54. The van der Waals surface area contributed by atoms with Crippen LogP contribution in [0.5, 0.6) is 0 Å². The molecule has 0 bridgehead atoms. The third kappa shape index (κ3) is 7.34. The number of carbonyl (C=O) groups excluding carboxylic acids is 1. The molecule has 2 N–H and O–H groups in total. The molecule has 1 rings (SSSR count). The lowest BCUT2D eigenvalue weighted by molar-refractivity contribution is -0.138. The number of carboxylic acids is 1. The van der Waals surface area contributed by atoms with Gasteiger partial charge in [-0.3, -0.25) is 4.79 Å². The zero-order valence-corrected chi connectivity index (χ0v) is 13.6. The van der Waals surface area contributed by atoms with E-state index in [0.717, 1.165) is 38.6 Å². The average Bonchev–Trinajstić information content (AvgIpc) is 3.19. The van der Waals surface area contributed by atoms with Crippen LogP contribution >= 0.6 is 0 Å². The Morgan fingerprint density at radius 1 is 1.33 bits per heavy atom. The molecule has 5 heteroatoms. The molecule has 0 aromatic carbocycles. The number of nitrogens with zero attached hydrogens (tertiary/aromatic N) is 1. The number of rotatable bonds is 10. The molecule has 0 aromatic heterocycles. The minimum absolute atomic E-state index is 0.0127. The normalized spacial score (nSPS) is 15.8. The van der Waals surface area contributed by atoms with Gasteiger partial charge in [0, 0.05) is 25.6 Å². The zero-order valence-electron chi connectivity index (χ0n) is 13.6. The molecule has 1 atom stereocenters. The highest BCUT2D eigenvalue weighted by Gasteiger charge is 2.32. The van der Waals surface area contributed by atoms with Gasteiger partial charge in [-0.15, -0.1) is 0 Å². The Morgan fingerprint density at radius 2 is 2.00 bits per heavy atom. The third-order valence-corrected chi connectivity index (χ3v) is 3.81. The molecule has 2 amide bonds. The van der Waals surface area contributed by atoms with Crippen molar-refractivity contribution in [3.8, 4) is 0 Å². The largest absolute Gasteiger partial charge is 0.481 e. The van der Waals surface area contributed by atoms with Crippen molar-refractivity contribution in [3.63, 3.8) is 0 Å². The molecule has 0 aromatic rings. The van der Waals surface area contributed by atoms with Crippen LogP contribution in [0.3, 0.4) is 0 Å². The molecule has 1 aliphatic rings. The minimum atomic E-state index is -0.792. The molecule has 5 nitrogen and oxygen atoms in total. The SMILES string of the molecule is CCCCN(C(=O)NCC(CC(=O)O)CC(C)C)C1CC1. The summed E-state index contributed by atoms with van der Waals surface area (Å²) in [5, 5.41) is 11.9. The summed E-state index contributed by atoms with van der Waals surface area (Å²) in [5.41, 5.74) is 0. The molecular weight excluding hydrogens is 268 g/mol. The molecule has 0 aliphatic heterocycles. The molecule has 21 heavy (non-hydrogen) atoms. The fourth-order valence-corrected chi connectivity index (χ4v) is 2.65. The van der Waals surface area contributed by atoms with Gasteiger partial charge in [-0.25, -0.2) is 4.79 Å². The second-order valence-corrected chi connectivity index (χ2v) is 6.56. The maximum Gasteiger partial charge on any atom is 0.317 e. The Morgan fingerprint density at radius 3 is 2.48 bits per heavy atom. The van der Waals surface area contributed by atoms with Crippen LogP contribution < -0.4 is 5.32 Å². The third-order valence-electron chi connectivity index (χ3n) is 3.81. The minimum Gasteiger partial charge on any atom is -0.481 e. The Hall–Kier alpha value is -1.26. The fourth-order valence-electron chi connectivity index (χ4n) is 2.65. The number of hydrogen-bond donors (Lipinski definition) is 2. The summed E-state index contributed by atoms with van der Waals surface area (Å²) in [6.45, 7) is 7.54. The smallest absolute Gasteiger partial charge is 0.317 e. The first-order valence-electron chi connectivity index (χ1n) is 8.20. The summed E-state index contributed by atoms with van der Waals surface area (Å²) in [5.74, 6) is -0.343. The lowest BCUT2D eigenvalue weighted by Crippen LogP contribution is -2.43. The van der Waals surface area contributed by atoms with Crippen LogP contribution in [0.25, 0.3) is 0 Å². The zero-order chi connectivity index (χ0) is 15.8. The first-order valence-corrected chi connectivity index (χ1v) is 8.20. The second kappa shape index (κ2) is 8.90. The highest BCUT2D eigenvalue weighted by Crippen LogP contribution is 2.27. The van der Waals surface area contributed by atoms with Crippen LogP contribution in [0.1, 0.15) is 59.3 Å². The van der Waals surface area contributed by atoms with Crippen molar-refractivity contribution in [1.29, 1.82) is 0 Å². The Balaban J connectivity index is 2.44. The Labute approximate surface area is 128 Å². The summed E-state index contributed by atoms with van der Waals surface area (Å²) in [7, 11) is 0. The van der Waals surface area contributed by atoms with Gasteiger partial charge in [-0.1, -0.05) is 27.2 Å². The lowest BCUT2D eigenvalue weighted by Gasteiger charge is -2.25. The van der Waals surface area contributed by atoms with Crippen LogP contribution in [0.2, 0.25) is 0 Å². The molecule has 1 fully saturated rings. The second-order valence-electron chi connectivity index (χ2n) is 6.56. The van der Waals surface area contributed by atoms with Crippen molar-refractivity contribution in [2.75, 3.05) is 13.1 Å². The summed E-state index contributed by atoms with van der Waals surface area (Å²) in [6, 6.07) is 0.379. The van der Waals surface area contributed by atoms with Crippen molar-refractivity contribution in [2.24, 2.45) is 11.8 Å². The highest BCUT2D eigenvalue weighted by atomic mass is 16.4. The van der Waals surface area contributed by atoms with Crippen molar-refractivity contribution in [2.45, 2.75) is 65.3 Å². The van der Waals surface area contributed by atoms with Gasteiger partial charge in [0.25, 0.3) is 0 Å². The molecular formula is C16H30N2O3. The predicted molar refractivity (Wildman–Crippen MR) is 83.2 cm³/mol. The quantitative estimate of drug-likeness (QED) is 0.651. The number of carbonyl (C=O) groups is 2. The predicted octanol–water partition coefficient (Wildman–Crippen LogP) is 3.10. The van der Waals surface area contributed by atoms with E-state index in [0.29, 0.717) is 18.5 Å². The highest BCUT2D eigenvalue weighted by molar-refractivity contribution is 5.75. The fraction of sp³-hybridized carbons (Fsp3) is 0.875. The van der Waals surface area contributed by atoms with Gasteiger partial charge in [0.1, 0.15) is 0 Å². The van der Waals surface area contributed by atoms with Gasteiger partial charge in [0.15, 0.2) is 0 Å². The Bertz CT molecular complexity index is 340. The summed E-state index contributed by atoms with van der Waals surface area (Å²) in [4.78, 5) is 25.1. The average molecular weight is 298 g/mol. The molecule has 1 aliphatic carbocycles. The van der Waals surface area contributed by atoms with Crippen molar-refractivity contribution in [3.05, 3.63) is 0 Å². The molecule has 1 saturated carbocycles. The van der Waals surface area contributed by atoms with E-state index in [1.807, 2.05) is 4.90 Å². The molecule has 122 valence electrons. The van der Waals surface area contributed by atoms with Crippen LogP contribution in [-0.4, -0.2) is 41.1 Å². The topological polar surface area (TPSA) is 69.6 Å². The van der Waals surface area contributed by atoms with E-state index in [1.54, 1.807) is 0 Å². The van der Waals surface area contributed by atoms with Crippen LogP contribution in [0, 0.1) is 11.8 Å². The van der Waals surface area contributed by atoms with Crippen molar-refractivity contribution >= 4 is 12.0 Å². The van der Waals surface area contributed by atoms with E-state index in [2.05, 4.69) is 26.1 Å². The summed E-state index contributed by atoms with van der Waals surface area (Å²) < 4.78 is 0. The monoisotopic (exact) mass is 298 g/mol. The van der Waals surface area contributed by atoms with E-state index in [9.17, 15) is 9.59 Å². The summed E-state index contributed by atoms with van der Waals surface area (Å²) >= 11 is 0. The number of nitrogens with one attached hydrogen (secondary N) is 1. The van der Waals surface area contributed by atoms with E-state index in [4.69, 9.17) is 5.11 Å². The maximum atomic E-state index is 12.3. The first kappa shape index (κ1) is 17.8. The van der Waals surface area contributed by atoms with E-state index < -0.39 is 5.97 Å². The van der Waals surface area contributed by atoms with Gasteiger partial charge in [-0.2, -0.15) is 0 Å². The standard InChI is InChI=1S/C16H30N2O3/c1-4-5-8-18(14-6-7-14)16(21)17-11-13(9-12(2)3)10-15(19)20/h12-14H,4-11H2,1-3H3,(H,17,21)(H,19,20). The van der Waals surface area contributed by atoms with E-state index in [-0.39, 0.29) is 18.4 Å². The molecule has 0 heterocycles. The molecule has 1 unspecified atom stereocenters. The number of hydrogen-bond acceptors (Lipinski definition) is 2. The number of carboxylic acid groups (broad SMARTS) is 1. The number of aliphatic carboxylic acids is 1. The van der Waals surface area contributed by atoms with E-state index in [1.165, 1.54) is 0 Å². The van der Waals surface area contributed by atoms with Gasteiger partial charge >= 0.3 is 12.0 Å². The number of amides is 2. The van der Waals surface area contributed by atoms with Gasteiger partial charge in [-0.05, 0) is 37.5 Å².